The predicted molar refractivity (Wildman–Crippen MR) is 88.1 cm³/mol. The first-order valence-electron chi connectivity index (χ1n) is 7.65. The van der Waals surface area contributed by atoms with E-state index in [1.54, 1.807) is 14.2 Å². The van der Waals surface area contributed by atoms with Gasteiger partial charge in [-0.15, -0.1) is 0 Å². The molecule has 0 saturated carbocycles. The first-order chi connectivity index (χ1) is 10.5. The van der Waals surface area contributed by atoms with Gasteiger partial charge < -0.3 is 14.4 Å². The molecule has 0 saturated heterocycles. The van der Waals surface area contributed by atoms with Crippen molar-refractivity contribution >= 4 is 8.25 Å². The molecule has 1 aromatic carbocycles. The maximum Gasteiger partial charge on any atom is 0.317 e. The summed E-state index contributed by atoms with van der Waals surface area (Å²) in [5.74, 6) is 1.45. The van der Waals surface area contributed by atoms with Crippen LogP contribution in [0, 0.1) is 0 Å². The van der Waals surface area contributed by atoms with Gasteiger partial charge in [-0.2, -0.15) is 0 Å². The Morgan fingerprint density at radius 2 is 1.59 bits per heavy atom. The summed E-state index contributed by atoms with van der Waals surface area (Å²) in [4.78, 5) is 9.26. The number of methoxy groups -OCH3 is 2. The van der Waals surface area contributed by atoms with Gasteiger partial charge in [0.15, 0.2) is 0 Å². The molecule has 1 aromatic rings. The van der Waals surface area contributed by atoms with Crippen LogP contribution in [0.3, 0.4) is 0 Å². The van der Waals surface area contributed by atoms with Crippen LogP contribution in [0.4, 0.5) is 0 Å². The van der Waals surface area contributed by atoms with Gasteiger partial charge in [0.1, 0.15) is 17.1 Å². The molecule has 0 aliphatic carbocycles. The minimum absolute atomic E-state index is 0.583. The molecule has 0 bridgehead atoms. The molecule has 0 aromatic heterocycles. The van der Waals surface area contributed by atoms with Crippen LogP contribution < -0.4 is 9.47 Å². The molecule has 126 valence electrons. The molecule has 5 nitrogen and oxygen atoms in total. The summed E-state index contributed by atoms with van der Waals surface area (Å²) in [7, 11) is 0.184. The highest BCUT2D eigenvalue weighted by molar-refractivity contribution is 7.32. The molecule has 0 aliphatic rings. The van der Waals surface area contributed by atoms with E-state index < -0.39 is 13.9 Å². The largest absolute Gasteiger partial charge is 0.496 e. The van der Waals surface area contributed by atoms with Gasteiger partial charge in [-0.1, -0.05) is 27.2 Å². The van der Waals surface area contributed by atoms with Crippen LogP contribution in [0.25, 0.3) is 0 Å². The first-order valence-corrected chi connectivity index (χ1v) is 8.91. The van der Waals surface area contributed by atoms with Crippen molar-refractivity contribution in [3.63, 3.8) is 0 Å². The summed E-state index contributed by atoms with van der Waals surface area (Å²) in [6.45, 7) is 5.97. The number of hydrogen-bond donors (Lipinski definition) is 1. The lowest BCUT2D eigenvalue weighted by molar-refractivity contribution is 0.0531. The van der Waals surface area contributed by atoms with E-state index in [0.29, 0.717) is 12.8 Å². The molecule has 1 rings (SSSR count). The summed E-state index contributed by atoms with van der Waals surface area (Å²) in [6, 6.07) is 3.79. The zero-order chi connectivity index (χ0) is 16.8. The van der Waals surface area contributed by atoms with Crippen molar-refractivity contribution in [2.45, 2.75) is 52.1 Å². The van der Waals surface area contributed by atoms with Crippen LogP contribution in [0.15, 0.2) is 12.1 Å². The van der Waals surface area contributed by atoms with E-state index in [1.165, 1.54) is 0 Å². The van der Waals surface area contributed by atoms with Crippen molar-refractivity contribution in [3.8, 4) is 11.5 Å². The fourth-order valence-corrected chi connectivity index (χ4v) is 3.51. The summed E-state index contributed by atoms with van der Waals surface area (Å²) >= 11 is 0. The third-order valence-corrected chi connectivity index (χ3v) is 4.62. The van der Waals surface area contributed by atoms with Gasteiger partial charge in [0, 0.05) is 5.56 Å². The van der Waals surface area contributed by atoms with E-state index in [2.05, 4.69) is 6.92 Å². The molecule has 22 heavy (non-hydrogen) atoms. The van der Waals surface area contributed by atoms with Crippen LogP contribution in [-0.2, 0) is 21.1 Å². The van der Waals surface area contributed by atoms with Crippen molar-refractivity contribution in [1.82, 2.24) is 0 Å². The lowest BCUT2D eigenvalue weighted by Gasteiger charge is -2.32. The SMILES string of the molecule is CCCc1c(OC)cc(C(CC)(CC)O[PH](=O)O)cc1OC. The summed E-state index contributed by atoms with van der Waals surface area (Å²) in [5.41, 5.74) is 1.00. The molecular formula is C16H27O5P. The Bertz CT molecular complexity index is 486. The highest BCUT2D eigenvalue weighted by Crippen LogP contribution is 2.44. The number of rotatable bonds is 9. The van der Waals surface area contributed by atoms with Crippen LogP contribution in [0.2, 0.25) is 0 Å². The maximum atomic E-state index is 11.3. The van der Waals surface area contributed by atoms with Crippen molar-refractivity contribution in [2.75, 3.05) is 14.2 Å². The minimum atomic E-state index is -3.05. The summed E-state index contributed by atoms with van der Waals surface area (Å²) in [5, 5.41) is 0. The average molecular weight is 330 g/mol. The van der Waals surface area contributed by atoms with Crippen LogP contribution >= 0.6 is 8.25 Å². The Balaban J connectivity index is 3.47. The zero-order valence-electron chi connectivity index (χ0n) is 14.1. The van der Waals surface area contributed by atoms with Crippen LogP contribution in [0.5, 0.6) is 11.5 Å². The number of benzene rings is 1. The maximum absolute atomic E-state index is 11.3. The summed E-state index contributed by atoms with van der Waals surface area (Å²) in [6.07, 6.45) is 2.98. The van der Waals surface area contributed by atoms with Crippen LogP contribution in [0.1, 0.15) is 51.2 Å². The molecule has 1 N–H and O–H groups in total. The van der Waals surface area contributed by atoms with Gasteiger partial charge in [0.25, 0.3) is 0 Å². The van der Waals surface area contributed by atoms with E-state index in [0.717, 1.165) is 35.5 Å². The van der Waals surface area contributed by atoms with Gasteiger partial charge in [-0.25, -0.2) is 0 Å². The van der Waals surface area contributed by atoms with Gasteiger partial charge in [0.05, 0.1) is 14.2 Å². The van der Waals surface area contributed by atoms with Crippen molar-refractivity contribution in [1.29, 1.82) is 0 Å². The molecule has 1 atom stereocenters. The second kappa shape index (κ2) is 8.56. The van der Waals surface area contributed by atoms with Gasteiger partial charge in [-0.05, 0) is 37.0 Å². The molecule has 0 heterocycles. The normalized spacial score (nSPS) is 13.0. The first kappa shape index (κ1) is 19.0. The van der Waals surface area contributed by atoms with Crippen molar-refractivity contribution < 1.29 is 23.5 Å². The fourth-order valence-electron chi connectivity index (χ4n) is 2.77. The Morgan fingerprint density at radius 1 is 1.09 bits per heavy atom. The van der Waals surface area contributed by atoms with E-state index in [1.807, 2.05) is 26.0 Å². The average Bonchev–Trinajstić information content (AvgIpc) is 2.52. The quantitative estimate of drug-likeness (QED) is 0.691. The molecule has 6 heteroatoms. The Morgan fingerprint density at radius 3 is 1.91 bits per heavy atom. The van der Waals surface area contributed by atoms with E-state index in [4.69, 9.17) is 14.0 Å². The van der Waals surface area contributed by atoms with E-state index in [-0.39, 0.29) is 0 Å². The molecule has 0 fully saturated rings. The second-order valence-corrected chi connectivity index (χ2v) is 5.91. The second-order valence-electron chi connectivity index (χ2n) is 5.18. The van der Waals surface area contributed by atoms with Gasteiger partial charge >= 0.3 is 8.25 Å². The lowest BCUT2D eigenvalue weighted by Crippen LogP contribution is -2.26. The van der Waals surface area contributed by atoms with Crippen molar-refractivity contribution in [2.24, 2.45) is 0 Å². The summed E-state index contributed by atoms with van der Waals surface area (Å²) < 4.78 is 27.7. The van der Waals surface area contributed by atoms with Crippen LogP contribution in [-0.4, -0.2) is 19.1 Å². The van der Waals surface area contributed by atoms with E-state index >= 15 is 0 Å². The molecule has 0 spiro atoms. The van der Waals surface area contributed by atoms with Gasteiger partial charge in [-0.3, -0.25) is 9.09 Å². The third-order valence-electron chi connectivity index (χ3n) is 4.06. The van der Waals surface area contributed by atoms with Gasteiger partial charge in [0.2, 0.25) is 0 Å². The van der Waals surface area contributed by atoms with E-state index in [9.17, 15) is 9.46 Å². The zero-order valence-corrected chi connectivity index (χ0v) is 15.1. The standard InChI is InChI=1S/C16H27O5P/c1-6-9-13-14(19-4)10-12(11-15(13)20-5)16(7-2,8-3)21-22(17)18/h10-11,22H,6-9H2,1-5H3,(H,17,18). The molecular weight excluding hydrogens is 303 g/mol. The Hall–Kier alpha value is -1.03. The molecule has 0 radical (unpaired) electrons. The minimum Gasteiger partial charge on any atom is -0.496 e. The highest BCUT2D eigenvalue weighted by Gasteiger charge is 2.33. The highest BCUT2D eigenvalue weighted by atomic mass is 31.1. The van der Waals surface area contributed by atoms with Crippen molar-refractivity contribution in [3.05, 3.63) is 23.3 Å². The molecule has 1 unspecified atom stereocenters. The monoisotopic (exact) mass is 330 g/mol. The smallest absolute Gasteiger partial charge is 0.317 e. The lowest BCUT2D eigenvalue weighted by atomic mass is 9.87. The predicted octanol–water partition coefficient (Wildman–Crippen LogP) is 4.07. The fraction of sp³-hybridized carbons (Fsp3) is 0.625. The Kier molecular flexibility index (Phi) is 7.40. The third kappa shape index (κ3) is 4.03. The Labute approximate surface area is 133 Å². The number of hydrogen-bond acceptors (Lipinski definition) is 4. The molecule has 0 aliphatic heterocycles. The molecule has 0 amide bonds. The topological polar surface area (TPSA) is 65.0 Å². The number of ether oxygens (including phenoxy) is 2.